The Balaban J connectivity index is 2.11. The Morgan fingerprint density at radius 1 is 1.50 bits per heavy atom. The molecule has 0 aromatic heterocycles. The summed E-state index contributed by atoms with van der Waals surface area (Å²) in [6.45, 7) is 6.38. The smallest absolute Gasteiger partial charge is 0.231 e. The predicted molar refractivity (Wildman–Crippen MR) is 68.4 cm³/mol. The molecule has 2 heterocycles. The second kappa shape index (κ2) is 5.99. The lowest BCUT2D eigenvalue weighted by atomic mass is 9.78. The number of rotatable bonds is 3. The first kappa shape index (κ1) is 13.8. The zero-order valence-electron chi connectivity index (χ0n) is 11.4. The molecule has 104 valence electrons. The summed E-state index contributed by atoms with van der Waals surface area (Å²) < 4.78 is 10.7. The topological polar surface area (TPSA) is 50.8 Å². The minimum absolute atomic E-state index is 0.176. The summed E-state index contributed by atoms with van der Waals surface area (Å²) in [6.07, 6.45) is 1.73. The second-order valence-corrected chi connectivity index (χ2v) is 5.39. The molecule has 1 atom stereocenters. The highest BCUT2D eigenvalue weighted by Crippen LogP contribution is 2.32. The highest BCUT2D eigenvalue weighted by Gasteiger charge is 2.43. The molecule has 18 heavy (non-hydrogen) atoms. The lowest BCUT2D eigenvalue weighted by Crippen LogP contribution is -2.56. The molecule has 5 nitrogen and oxygen atoms in total. The van der Waals surface area contributed by atoms with E-state index in [0.29, 0.717) is 26.4 Å². The van der Waals surface area contributed by atoms with Crippen molar-refractivity contribution >= 4 is 5.91 Å². The number of piperidine rings is 1. The molecular weight excluding hydrogens is 232 g/mol. The fraction of sp³-hybridized carbons (Fsp3) is 0.923. The van der Waals surface area contributed by atoms with Crippen LogP contribution in [0.5, 0.6) is 0 Å². The van der Waals surface area contributed by atoms with Gasteiger partial charge >= 0.3 is 0 Å². The number of amides is 1. The summed E-state index contributed by atoms with van der Waals surface area (Å²) in [5, 5.41) is 3.32. The van der Waals surface area contributed by atoms with Crippen molar-refractivity contribution in [3.05, 3.63) is 0 Å². The summed E-state index contributed by atoms with van der Waals surface area (Å²) in [4.78, 5) is 14.8. The van der Waals surface area contributed by atoms with E-state index in [1.54, 1.807) is 7.11 Å². The van der Waals surface area contributed by atoms with Gasteiger partial charge in [-0.05, 0) is 32.9 Å². The number of nitrogens with zero attached hydrogens (tertiary/aromatic N) is 1. The van der Waals surface area contributed by atoms with E-state index in [4.69, 9.17) is 9.47 Å². The number of methoxy groups -OCH3 is 1. The lowest BCUT2D eigenvalue weighted by molar-refractivity contribution is -0.155. The Hall–Kier alpha value is -0.650. The molecule has 0 aliphatic carbocycles. The van der Waals surface area contributed by atoms with E-state index in [1.165, 1.54) is 0 Å². The molecule has 2 aliphatic rings. The molecule has 1 N–H and O–H groups in total. The number of morpholine rings is 1. The van der Waals surface area contributed by atoms with E-state index in [0.717, 1.165) is 25.9 Å². The lowest BCUT2D eigenvalue weighted by Gasteiger charge is -2.43. The molecule has 0 saturated carbocycles. The van der Waals surface area contributed by atoms with E-state index in [1.807, 2.05) is 4.90 Å². The molecule has 2 fully saturated rings. The van der Waals surface area contributed by atoms with Gasteiger partial charge in [-0.25, -0.2) is 0 Å². The fourth-order valence-electron chi connectivity index (χ4n) is 2.94. The summed E-state index contributed by atoms with van der Waals surface area (Å²) >= 11 is 0. The first-order chi connectivity index (χ1) is 8.69. The highest BCUT2D eigenvalue weighted by molar-refractivity contribution is 5.83. The Labute approximate surface area is 109 Å². The summed E-state index contributed by atoms with van der Waals surface area (Å²) in [7, 11) is 1.68. The third-order valence-electron chi connectivity index (χ3n) is 4.06. The van der Waals surface area contributed by atoms with Crippen molar-refractivity contribution < 1.29 is 14.3 Å². The number of carbonyl (C=O) groups excluding carboxylic acids is 1. The van der Waals surface area contributed by atoms with E-state index >= 15 is 0 Å². The van der Waals surface area contributed by atoms with Gasteiger partial charge in [0.15, 0.2) is 0 Å². The standard InChI is InChI=1S/C13H24N2O3/c1-11-9-18-8-7-15(11)12(16)13(10-17-2)3-5-14-6-4-13/h11,14H,3-10H2,1-2H3/t11-/m1/s1. The fourth-order valence-corrected chi connectivity index (χ4v) is 2.94. The van der Waals surface area contributed by atoms with Gasteiger partial charge in [0, 0.05) is 13.7 Å². The molecular formula is C13H24N2O3. The molecule has 2 aliphatic heterocycles. The van der Waals surface area contributed by atoms with Crippen LogP contribution in [-0.2, 0) is 14.3 Å². The van der Waals surface area contributed by atoms with Crippen LogP contribution < -0.4 is 5.32 Å². The maximum absolute atomic E-state index is 12.8. The van der Waals surface area contributed by atoms with Crippen LogP contribution in [0.15, 0.2) is 0 Å². The summed E-state index contributed by atoms with van der Waals surface area (Å²) in [6, 6.07) is 0.176. The average molecular weight is 256 g/mol. The van der Waals surface area contributed by atoms with Crippen molar-refractivity contribution in [2.45, 2.75) is 25.8 Å². The van der Waals surface area contributed by atoms with Gasteiger partial charge in [0.2, 0.25) is 5.91 Å². The van der Waals surface area contributed by atoms with Gasteiger partial charge in [0.1, 0.15) is 0 Å². The maximum Gasteiger partial charge on any atom is 0.231 e. The van der Waals surface area contributed by atoms with Crippen LogP contribution >= 0.6 is 0 Å². The third-order valence-corrected chi connectivity index (χ3v) is 4.06. The molecule has 0 unspecified atom stereocenters. The molecule has 0 aromatic rings. The second-order valence-electron chi connectivity index (χ2n) is 5.39. The first-order valence-corrected chi connectivity index (χ1v) is 6.78. The Morgan fingerprint density at radius 2 is 2.22 bits per heavy atom. The van der Waals surface area contributed by atoms with Crippen LogP contribution in [0.2, 0.25) is 0 Å². The number of hydrogen-bond donors (Lipinski definition) is 1. The maximum atomic E-state index is 12.8. The molecule has 0 bridgehead atoms. The Kier molecular flexibility index (Phi) is 4.59. The molecule has 0 aromatic carbocycles. The van der Waals surface area contributed by atoms with Gasteiger partial charge in [0.05, 0.1) is 31.3 Å². The van der Waals surface area contributed by atoms with Crippen molar-refractivity contribution in [3.63, 3.8) is 0 Å². The van der Waals surface area contributed by atoms with Gasteiger partial charge in [-0.1, -0.05) is 0 Å². The van der Waals surface area contributed by atoms with E-state index < -0.39 is 0 Å². The highest BCUT2D eigenvalue weighted by atomic mass is 16.5. The Morgan fingerprint density at radius 3 is 2.83 bits per heavy atom. The first-order valence-electron chi connectivity index (χ1n) is 6.78. The van der Waals surface area contributed by atoms with Gasteiger partial charge in [-0.2, -0.15) is 0 Å². The SMILES string of the molecule is COCC1(C(=O)N2CCOC[C@H]2C)CCNCC1. The number of carbonyl (C=O) groups is 1. The van der Waals surface area contributed by atoms with Gasteiger partial charge in [-0.3, -0.25) is 4.79 Å². The monoisotopic (exact) mass is 256 g/mol. The van der Waals surface area contributed by atoms with Crippen LogP contribution in [0, 0.1) is 5.41 Å². The quantitative estimate of drug-likeness (QED) is 0.786. The number of nitrogens with one attached hydrogen (secondary N) is 1. The minimum Gasteiger partial charge on any atom is -0.384 e. The van der Waals surface area contributed by atoms with Crippen LogP contribution in [0.25, 0.3) is 0 Å². The largest absolute Gasteiger partial charge is 0.384 e. The van der Waals surface area contributed by atoms with E-state index in [9.17, 15) is 4.79 Å². The van der Waals surface area contributed by atoms with Crippen LogP contribution in [-0.4, -0.2) is 63.4 Å². The van der Waals surface area contributed by atoms with Crippen molar-refractivity contribution in [1.29, 1.82) is 0 Å². The van der Waals surface area contributed by atoms with E-state index in [2.05, 4.69) is 12.2 Å². The molecule has 0 spiro atoms. The normalized spacial score (nSPS) is 28.1. The molecule has 2 rings (SSSR count). The van der Waals surface area contributed by atoms with Crippen molar-refractivity contribution in [2.75, 3.05) is 46.6 Å². The summed E-state index contributed by atoms with van der Waals surface area (Å²) in [5.41, 5.74) is -0.328. The third kappa shape index (κ3) is 2.68. The van der Waals surface area contributed by atoms with E-state index in [-0.39, 0.29) is 17.4 Å². The molecule has 0 radical (unpaired) electrons. The van der Waals surface area contributed by atoms with Crippen molar-refractivity contribution in [1.82, 2.24) is 10.2 Å². The van der Waals surface area contributed by atoms with Gasteiger partial charge in [0.25, 0.3) is 0 Å². The Bertz CT molecular complexity index is 284. The number of ether oxygens (including phenoxy) is 2. The van der Waals surface area contributed by atoms with Crippen LogP contribution in [0.3, 0.4) is 0 Å². The average Bonchev–Trinajstić information content (AvgIpc) is 2.40. The van der Waals surface area contributed by atoms with Crippen LogP contribution in [0.4, 0.5) is 0 Å². The van der Waals surface area contributed by atoms with Crippen LogP contribution in [0.1, 0.15) is 19.8 Å². The minimum atomic E-state index is -0.328. The van der Waals surface area contributed by atoms with Gasteiger partial charge < -0.3 is 19.7 Å². The van der Waals surface area contributed by atoms with Crippen molar-refractivity contribution in [3.8, 4) is 0 Å². The summed E-state index contributed by atoms with van der Waals surface area (Å²) in [5.74, 6) is 0.252. The van der Waals surface area contributed by atoms with Crippen molar-refractivity contribution in [2.24, 2.45) is 5.41 Å². The molecule has 1 amide bonds. The number of hydrogen-bond acceptors (Lipinski definition) is 4. The molecule has 2 saturated heterocycles. The zero-order valence-corrected chi connectivity index (χ0v) is 11.4. The zero-order chi connectivity index (χ0) is 13.0. The molecule has 5 heteroatoms. The van der Waals surface area contributed by atoms with Gasteiger partial charge in [-0.15, -0.1) is 0 Å². The predicted octanol–water partition coefficient (Wildman–Crippen LogP) is 0.250.